The van der Waals surface area contributed by atoms with Gasteiger partial charge in [-0.3, -0.25) is 4.79 Å². The largest absolute Gasteiger partial charge is 0.497 e. The second-order valence-electron chi connectivity index (χ2n) is 3.87. The number of benzene rings is 1. The highest BCUT2D eigenvalue weighted by atomic mass is 16.5. The van der Waals surface area contributed by atoms with Crippen molar-refractivity contribution < 1.29 is 14.6 Å². The Morgan fingerprint density at radius 3 is 2.69 bits per heavy atom. The SMILES string of the molecule is COc1cccc(C(=O)C#CC(C)(C)O)c1. The molecule has 0 bridgehead atoms. The Hall–Kier alpha value is -1.79. The minimum atomic E-state index is -1.16. The molecular weight excluding hydrogens is 204 g/mol. The first kappa shape index (κ1) is 12.3. The van der Waals surface area contributed by atoms with Gasteiger partial charge in [0, 0.05) is 5.56 Å². The quantitative estimate of drug-likeness (QED) is 0.466. The molecule has 0 atom stereocenters. The number of ether oxygens (including phenoxy) is 1. The predicted molar refractivity (Wildman–Crippen MR) is 61.4 cm³/mol. The molecule has 0 saturated heterocycles. The molecule has 0 saturated carbocycles. The molecule has 1 aromatic rings. The van der Waals surface area contributed by atoms with Crippen LogP contribution in [0.4, 0.5) is 0 Å². The lowest BCUT2D eigenvalue weighted by Crippen LogP contribution is -2.15. The predicted octanol–water partition coefficient (Wildman–Crippen LogP) is 1.65. The fraction of sp³-hybridized carbons (Fsp3) is 0.308. The first-order valence-electron chi connectivity index (χ1n) is 4.86. The summed E-state index contributed by atoms with van der Waals surface area (Å²) in [5.74, 6) is 5.14. The lowest BCUT2D eigenvalue weighted by atomic mass is 10.1. The molecule has 1 aromatic carbocycles. The molecule has 0 aliphatic carbocycles. The van der Waals surface area contributed by atoms with Gasteiger partial charge in [0.15, 0.2) is 0 Å². The fourth-order valence-corrected chi connectivity index (χ4v) is 1.05. The summed E-state index contributed by atoms with van der Waals surface area (Å²) in [6.07, 6.45) is 0. The smallest absolute Gasteiger partial charge is 0.236 e. The maximum atomic E-state index is 11.6. The Morgan fingerprint density at radius 2 is 2.12 bits per heavy atom. The Morgan fingerprint density at radius 1 is 1.44 bits per heavy atom. The highest BCUT2D eigenvalue weighted by Crippen LogP contribution is 2.12. The number of carbonyl (C=O) groups is 1. The Kier molecular flexibility index (Phi) is 3.70. The molecule has 0 heterocycles. The number of aliphatic hydroxyl groups is 1. The van der Waals surface area contributed by atoms with E-state index >= 15 is 0 Å². The van der Waals surface area contributed by atoms with E-state index in [2.05, 4.69) is 11.8 Å². The van der Waals surface area contributed by atoms with Gasteiger partial charge in [-0.1, -0.05) is 18.1 Å². The molecular formula is C13H14O3. The summed E-state index contributed by atoms with van der Waals surface area (Å²) in [5, 5.41) is 9.36. The molecule has 0 fully saturated rings. The second-order valence-corrected chi connectivity index (χ2v) is 3.87. The molecule has 3 nitrogen and oxygen atoms in total. The minimum Gasteiger partial charge on any atom is -0.497 e. The van der Waals surface area contributed by atoms with E-state index in [1.54, 1.807) is 24.3 Å². The van der Waals surface area contributed by atoms with Crippen molar-refractivity contribution in [2.24, 2.45) is 0 Å². The molecule has 1 rings (SSSR count). The molecule has 1 N–H and O–H groups in total. The maximum Gasteiger partial charge on any atom is 0.236 e. The fourth-order valence-electron chi connectivity index (χ4n) is 1.05. The highest BCUT2D eigenvalue weighted by molar-refractivity contribution is 6.09. The topological polar surface area (TPSA) is 46.5 Å². The van der Waals surface area contributed by atoms with Gasteiger partial charge in [0.25, 0.3) is 0 Å². The second kappa shape index (κ2) is 4.82. The minimum absolute atomic E-state index is 0.332. The van der Waals surface area contributed by atoms with E-state index in [1.807, 2.05) is 0 Å². The van der Waals surface area contributed by atoms with Crippen LogP contribution in [0.2, 0.25) is 0 Å². The van der Waals surface area contributed by atoms with Gasteiger partial charge in [-0.2, -0.15) is 0 Å². The van der Waals surface area contributed by atoms with Crippen LogP contribution in [0, 0.1) is 11.8 Å². The third kappa shape index (κ3) is 3.76. The Labute approximate surface area is 95.1 Å². The van der Waals surface area contributed by atoms with Crippen LogP contribution in [-0.4, -0.2) is 23.6 Å². The molecule has 3 heteroatoms. The monoisotopic (exact) mass is 218 g/mol. The molecule has 0 amide bonds. The zero-order chi connectivity index (χ0) is 12.2. The summed E-state index contributed by atoms with van der Waals surface area (Å²) in [4.78, 5) is 11.6. The number of hydrogen-bond donors (Lipinski definition) is 1. The number of methoxy groups -OCH3 is 1. The zero-order valence-corrected chi connectivity index (χ0v) is 9.57. The number of carbonyl (C=O) groups excluding carboxylic acids is 1. The highest BCUT2D eigenvalue weighted by Gasteiger charge is 2.08. The van der Waals surface area contributed by atoms with Crippen molar-refractivity contribution in [3.05, 3.63) is 29.8 Å². The van der Waals surface area contributed by atoms with Crippen LogP contribution in [0.3, 0.4) is 0 Å². The molecule has 0 aliphatic heterocycles. The molecule has 0 radical (unpaired) electrons. The van der Waals surface area contributed by atoms with E-state index in [-0.39, 0.29) is 5.78 Å². The van der Waals surface area contributed by atoms with Crippen molar-refractivity contribution in [1.82, 2.24) is 0 Å². The van der Waals surface area contributed by atoms with Gasteiger partial charge in [-0.25, -0.2) is 0 Å². The average molecular weight is 218 g/mol. The molecule has 84 valence electrons. The van der Waals surface area contributed by atoms with Crippen LogP contribution in [0.1, 0.15) is 24.2 Å². The van der Waals surface area contributed by atoms with Crippen LogP contribution in [-0.2, 0) is 0 Å². The van der Waals surface area contributed by atoms with E-state index in [1.165, 1.54) is 21.0 Å². The van der Waals surface area contributed by atoms with Crippen molar-refractivity contribution in [1.29, 1.82) is 0 Å². The van der Waals surface area contributed by atoms with E-state index in [0.717, 1.165) is 0 Å². The number of Topliss-reactive ketones (excluding diaryl/α,β-unsaturated/α-hetero) is 1. The summed E-state index contributed by atoms with van der Waals surface area (Å²) in [6.45, 7) is 3.05. The van der Waals surface area contributed by atoms with E-state index in [9.17, 15) is 9.90 Å². The van der Waals surface area contributed by atoms with Crippen molar-refractivity contribution in [3.63, 3.8) is 0 Å². The Balaban J connectivity index is 2.92. The van der Waals surface area contributed by atoms with E-state index in [4.69, 9.17) is 4.74 Å². The Bertz CT molecular complexity index is 444. The van der Waals surface area contributed by atoms with Gasteiger partial charge in [0.1, 0.15) is 11.4 Å². The maximum absolute atomic E-state index is 11.6. The summed E-state index contributed by atoms with van der Waals surface area (Å²) < 4.78 is 5.00. The van der Waals surface area contributed by atoms with Crippen LogP contribution in [0.15, 0.2) is 24.3 Å². The lowest BCUT2D eigenvalue weighted by Gasteiger charge is -2.05. The van der Waals surface area contributed by atoms with Crippen molar-refractivity contribution in [3.8, 4) is 17.6 Å². The number of hydrogen-bond acceptors (Lipinski definition) is 3. The summed E-state index contributed by atoms with van der Waals surface area (Å²) in [5.41, 5.74) is -0.703. The zero-order valence-electron chi connectivity index (χ0n) is 9.57. The van der Waals surface area contributed by atoms with Crippen LogP contribution < -0.4 is 4.74 Å². The van der Waals surface area contributed by atoms with E-state index in [0.29, 0.717) is 11.3 Å². The molecule has 0 aliphatic rings. The standard InChI is InChI=1S/C13H14O3/c1-13(2,15)8-7-12(14)10-5-4-6-11(9-10)16-3/h4-6,9,15H,1-3H3. The molecule has 0 unspecified atom stereocenters. The van der Waals surface area contributed by atoms with Gasteiger partial charge < -0.3 is 9.84 Å². The summed E-state index contributed by atoms with van der Waals surface area (Å²) >= 11 is 0. The van der Waals surface area contributed by atoms with Gasteiger partial charge >= 0.3 is 0 Å². The van der Waals surface area contributed by atoms with Gasteiger partial charge in [-0.15, -0.1) is 0 Å². The summed E-state index contributed by atoms with van der Waals surface area (Å²) in [6, 6.07) is 6.74. The van der Waals surface area contributed by atoms with Crippen LogP contribution in [0.25, 0.3) is 0 Å². The van der Waals surface area contributed by atoms with Crippen molar-refractivity contribution in [2.45, 2.75) is 19.4 Å². The van der Waals surface area contributed by atoms with Crippen molar-refractivity contribution in [2.75, 3.05) is 7.11 Å². The summed E-state index contributed by atoms with van der Waals surface area (Å²) in [7, 11) is 1.53. The molecule has 0 spiro atoms. The van der Waals surface area contributed by atoms with Gasteiger partial charge in [0.2, 0.25) is 5.78 Å². The van der Waals surface area contributed by atoms with Gasteiger partial charge in [0.05, 0.1) is 7.11 Å². The number of rotatable bonds is 2. The first-order valence-corrected chi connectivity index (χ1v) is 4.86. The van der Waals surface area contributed by atoms with Crippen molar-refractivity contribution >= 4 is 5.78 Å². The van der Waals surface area contributed by atoms with Gasteiger partial charge in [-0.05, 0) is 31.9 Å². The average Bonchev–Trinajstić information content (AvgIpc) is 2.25. The van der Waals surface area contributed by atoms with Crippen LogP contribution >= 0.6 is 0 Å². The normalized spacial score (nSPS) is 10.2. The molecule has 16 heavy (non-hydrogen) atoms. The third-order valence-corrected chi connectivity index (χ3v) is 1.81. The third-order valence-electron chi connectivity index (χ3n) is 1.81. The van der Waals surface area contributed by atoms with Crippen LogP contribution in [0.5, 0.6) is 5.75 Å². The number of ketones is 1. The molecule has 0 aromatic heterocycles. The van der Waals surface area contributed by atoms with E-state index < -0.39 is 5.60 Å². The first-order chi connectivity index (χ1) is 7.42. The lowest BCUT2D eigenvalue weighted by molar-refractivity contribution is 0.105.